The number of carbonyl (C=O) groups is 1. The molecule has 0 aliphatic carbocycles. The highest BCUT2D eigenvalue weighted by Crippen LogP contribution is 2.22. The second-order valence-corrected chi connectivity index (χ2v) is 8.93. The number of carbonyl (C=O) groups excluding carboxylic acids is 1. The first-order valence-corrected chi connectivity index (χ1v) is 11.1. The van der Waals surface area contributed by atoms with Gasteiger partial charge in [0.2, 0.25) is 15.9 Å². The van der Waals surface area contributed by atoms with Gasteiger partial charge in [-0.3, -0.25) is 4.79 Å². The van der Waals surface area contributed by atoms with Gasteiger partial charge in [0.15, 0.2) is 0 Å². The van der Waals surface area contributed by atoms with Crippen LogP contribution in [0.5, 0.6) is 5.75 Å². The standard InChI is InChI=1S/C22H27N3O4S/c1-5-29-20-10-8-19(9-11-20)25(14-6-13-23)22(26)16-24(4)30(27,28)21-12-7-17(2)18(3)15-21/h7-12,15H,5-6,14,16H2,1-4H3. The summed E-state index contributed by atoms with van der Waals surface area (Å²) in [5, 5.41) is 8.95. The third-order valence-corrected chi connectivity index (χ3v) is 6.55. The summed E-state index contributed by atoms with van der Waals surface area (Å²) in [7, 11) is -2.44. The predicted octanol–water partition coefficient (Wildman–Crippen LogP) is 3.27. The Hall–Kier alpha value is -2.89. The molecule has 0 radical (unpaired) electrons. The Kier molecular flexibility index (Phi) is 7.98. The van der Waals surface area contributed by atoms with Crippen LogP contribution in [0, 0.1) is 25.2 Å². The summed E-state index contributed by atoms with van der Waals surface area (Å²) in [4.78, 5) is 14.5. The average Bonchev–Trinajstić information content (AvgIpc) is 2.71. The third kappa shape index (κ3) is 5.59. The normalized spacial score (nSPS) is 11.2. The van der Waals surface area contributed by atoms with E-state index in [9.17, 15) is 13.2 Å². The summed E-state index contributed by atoms with van der Waals surface area (Å²) in [5.74, 6) is 0.257. The lowest BCUT2D eigenvalue weighted by atomic mass is 10.1. The lowest BCUT2D eigenvalue weighted by Crippen LogP contribution is -2.41. The van der Waals surface area contributed by atoms with Crippen LogP contribution in [0.1, 0.15) is 24.5 Å². The largest absolute Gasteiger partial charge is 0.494 e. The van der Waals surface area contributed by atoms with Crippen molar-refractivity contribution in [1.29, 1.82) is 5.26 Å². The topological polar surface area (TPSA) is 90.7 Å². The van der Waals surface area contributed by atoms with Crippen LogP contribution in [-0.4, -0.2) is 45.4 Å². The Morgan fingerprint density at radius 1 is 1.10 bits per heavy atom. The van der Waals surface area contributed by atoms with E-state index in [2.05, 4.69) is 0 Å². The molecule has 0 bridgehead atoms. The minimum atomic E-state index is -3.82. The van der Waals surface area contributed by atoms with E-state index in [0.717, 1.165) is 15.4 Å². The van der Waals surface area contributed by atoms with E-state index in [1.807, 2.05) is 26.8 Å². The fourth-order valence-electron chi connectivity index (χ4n) is 2.86. The first-order chi connectivity index (χ1) is 14.2. The van der Waals surface area contributed by atoms with Crippen molar-refractivity contribution in [3.05, 3.63) is 53.6 Å². The number of nitrogens with zero attached hydrogens (tertiary/aromatic N) is 3. The maximum absolute atomic E-state index is 12.9. The van der Waals surface area contributed by atoms with Crippen LogP contribution < -0.4 is 9.64 Å². The molecule has 0 atom stereocenters. The monoisotopic (exact) mass is 429 g/mol. The third-order valence-electron chi connectivity index (χ3n) is 4.75. The molecule has 0 N–H and O–H groups in total. The summed E-state index contributed by atoms with van der Waals surface area (Å²) < 4.78 is 32.3. The molecule has 0 fully saturated rings. The number of ether oxygens (including phenoxy) is 1. The maximum Gasteiger partial charge on any atom is 0.243 e. The van der Waals surface area contributed by atoms with Crippen molar-refractivity contribution in [3.63, 3.8) is 0 Å². The molecular formula is C22H27N3O4S. The number of hydrogen-bond acceptors (Lipinski definition) is 5. The predicted molar refractivity (Wildman–Crippen MR) is 116 cm³/mol. The van der Waals surface area contributed by atoms with Crippen LogP contribution in [0.3, 0.4) is 0 Å². The van der Waals surface area contributed by atoms with Gasteiger partial charge in [-0.1, -0.05) is 6.07 Å². The molecule has 2 aromatic rings. The van der Waals surface area contributed by atoms with E-state index in [4.69, 9.17) is 10.00 Å². The quantitative estimate of drug-likeness (QED) is 0.610. The van der Waals surface area contributed by atoms with Crippen molar-refractivity contribution in [3.8, 4) is 11.8 Å². The number of aryl methyl sites for hydroxylation is 2. The Morgan fingerprint density at radius 3 is 2.33 bits per heavy atom. The van der Waals surface area contributed by atoms with E-state index in [1.54, 1.807) is 42.5 Å². The summed E-state index contributed by atoms with van der Waals surface area (Å²) in [6, 6.07) is 13.8. The zero-order valence-corrected chi connectivity index (χ0v) is 18.6. The van der Waals surface area contributed by atoms with Gasteiger partial charge in [-0.25, -0.2) is 8.42 Å². The van der Waals surface area contributed by atoms with Crippen LogP contribution in [0.2, 0.25) is 0 Å². The zero-order valence-electron chi connectivity index (χ0n) is 17.8. The number of hydrogen-bond donors (Lipinski definition) is 0. The van der Waals surface area contributed by atoms with Crippen molar-refractivity contribution in [2.24, 2.45) is 0 Å². The number of nitriles is 1. The van der Waals surface area contributed by atoms with Crippen LogP contribution >= 0.6 is 0 Å². The molecule has 0 saturated carbocycles. The van der Waals surface area contributed by atoms with Gasteiger partial charge in [0, 0.05) is 19.3 Å². The molecule has 2 rings (SSSR count). The molecule has 7 nitrogen and oxygen atoms in total. The van der Waals surface area contributed by atoms with Crippen molar-refractivity contribution < 1.29 is 17.9 Å². The number of likely N-dealkylation sites (N-methyl/N-ethyl adjacent to an activating group) is 1. The highest BCUT2D eigenvalue weighted by molar-refractivity contribution is 7.89. The van der Waals surface area contributed by atoms with E-state index >= 15 is 0 Å². The van der Waals surface area contributed by atoms with Gasteiger partial charge in [-0.2, -0.15) is 9.57 Å². The van der Waals surface area contributed by atoms with Crippen molar-refractivity contribution in [2.75, 3.05) is 31.6 Å². The minimum Gasteiger partial charge on any atom is -0.494 e. The lowest BCUT2D eigenvalue weighted by Gasteiger charge is -2.25. The molecule has 160 valence electrons. The van der Waals surface area contributed by atoms with Gasteiger partial charge in [-0.05, 0) is 68.3 Å². The smallest absolute Gasteiger partial charge is 0.243 e. The van der Waals surface area contributed by atoms with Gasteiger partial charge in [0.25, 0.3) is 0 Å². The molecule has 0 heterocycles. The zero-order chi connectivity index (χ0) is 22.3. The van der Waals surface area contributed by atoms with Crippen molar-refractivity contribution >= 4 is 21.6 Å². The van der Waals surface area contributed by atoms with Crippen LogP contribution in [0.15, 0.2) is 47.4 Å². The number of sulfonamides is 1. The summed E-state index contributed by atoms with van der Waals surface area (Å²) in [6.45, 7) is 5.98. The molecule has 30 heavy (non-hydrogen) atoms. The number of anilines is 1. The molecule has 0 aromatic heterocycles. The molecular weight excluding hydrogens is 402 g/mol. The van der Waals surface area contributed by atoms with E-state index in [1.165, 1.54) is 11.9 Å². The van der Waals surface area contributed by atoms with Gasteiger partial charge in [0.1, 0.15) is 5.75 Å². The molecule has 8 heteroatoms. The average molecular weight is 430 g/mol. The lowest BCUT2D eigenvalue weighted by molar-refractivity contribution is -0.118. The molecule has 0 aliphatic heterocycles. The van der Waals surface area contributed by atoms with E-state index in [0.29, 0.717) is 18.0 Å². The van der Waals surface area contributed by atoms with Crippen molar-refractivity contribution in [2.45, 2.75) is 32.1 Å². The number of amides is 1. The fraction of sp³-hybridized carbons (Fsp3) is 0.364. The van der Waals surface area contributed by atoms with Gasteiger partial charge in [0.05, 0.1) is 30.5 Å². The van der Waals surface area contributed by atoms with Gasteiger partial charge >= 0.3 is 0 Å². The molecule has 0 aliphatic rings. The van der Waals surface area contributed by atoms with E-state index < -0.39 is 15.9 Å². The highest BCUT2D eigenvalue weighted by Gasteiger charge is 2.26. The molecule has 0 unspecified atom stereocenters. The minimum absolute atomic E-state index is 0.132. The van der Waals surface area contributed by atoms with Crippen LogP contribution in [-0.2, 0) is 14.8 Å². The summed E-state index contributed by atoms with van der Waals surface area (Å²) >= 11 is 0. The number of rotatable bonds is 9. The first-order valence-electron chi connectivity index (χ1n) is 9.64. The Labute approximate surface area is 178 Å². The molecule has 0 saturated heterocycles. The molecule has 0 spiro atoms. The number of benzene rings is 2. The van der Waals surface area contributed by atoms with Crippen molar-refractivity contribution in [1.82, 2.24) is 4.31 Å². The highest BCUT2D eigenvalue weighted by atomic mass is 32.2. The second-order valence-electron chi connectivity index (χ2n) is 6.89. The summed E-state index contributed by atoms with van der Waals surface area (Å²) in [6.07, 6.45) is 0.132. The van der Waals surface area contributed by atoms with Gasteiger partial charge < -0.3 is 9.64 Å². The summed E-state index contributed by atoms with van der Waals surface area (Å²) in [5.41, 5.74) is 2.43. The maximum atomic E-state index is 12.9. The fourth-order valence-corrected chi connectivity index (χ4v) is 4.07. The Balaban J connectivity index is 2.23. The Bertz CT molecular complexity index is 1030. The van der Waals surface area contributed by atoms with Gasteiger partial charge in [-0.15, -0.1) is 0 Å². The van der Waals surface area contributed by atoms with Crippen LogP contribution in [0.4, 0.5) is 5.69 Å². The first kappa shape index (κ1) is 23.4. The van der Waals surface area contributed by atoms with E-state index in [-0.39, 0.29) is 24.4 Å². The second kappa shape index (κ2) is 10.2. The molecule has 1 amide bonds. The SMILES string of the molecule is CCOc1ccc(N(CCC#N)C(=O)CN(C)S(=O)(=O)c2ccc(C)c(C)c2)cc1. The van der Waals surface area contributed by atoms with Crippen LogP contribution in [0.25, 0.3) is 0 Å². The molecule has 2 aromatic carbocycles. The Morgan fingerprint density at radius 2 is 1.77 bits per heavy atom.